The summed E-state index contributed by atoms with van der Waals surface area (Å²) in [5, 5.41) is 2.90. The number of rotatable bonds is 5. The van der Waals surface area contributed by atoms with E-state index in [9.17, 15) is 13.2 Å². The number of hydrogen-bond acceptors (Lipinski definition) is 4. The van der Waals surface area contributed by atoms with Gasteiger partial charge in [-0.2, -0.15) is 4.31 Å². The number of hydrogen-bond donors (Lipinski definition) is 2. The van der Waals surface area contributed by atoms with E-state index in [1.165, 1.54) is 4.31 Å². The van der Waals surface area contributed by atoms with Crippen LogP contribution < -0.4 is 11.1 Å². The first kappa shape index (κ1) is 19.9. The Morgan fingerprint density at radius 2 is 2.00 bits per heavy atom. The number of nitrogens with one attached hydrogen (secondary N) is 1. The Morgan fingerprint density at radius 3 is 2.60 bits per heavy atom. The summed E-state index contributed by atoms with van der Waals surface area (Å²) >= 11 is 0. The Morgan fingerprint density at radius 1 is 1.32 bits per heavy atom. The van der Waals surface area contributed by atoms with Gasteiger partial charge in [0.2, 0.25) is 15.9 Å². The van der Waals surface area contributed by atoms with Gasteiger partial charge in [0.1, 0.15) is 0 Å². The molecular formula is C18H29N3O3S. The maximum absolute atomic E-state index is 12.7. The molecule has 1 saturated carbocycles. The molecule has 0 bridgehead atoms. The topological polar surface area (TPSA) is 92.5 Å². The van der Waals surface area contributed by atoms with E-state index in [4.69, 9.17) is 5.73 Å². The SMILES string of the molecule is Cc1ccc(S(=O)(=O)N(C)C(C)C)cc1NC(=O)C1CCCC(N)C1. The number of anilines is 1. The largest absolute Gasteiger partial charge is 0.328 e. The molecule has 2 unspecified atom stereocenters. The van der Waals surface area contributed by atoms with Gasteiger partial charge in [-0.15, -0.1) is 0 Å². The first-order valence-corrected chi connectivity index (χ1v) is 10.2. The standard InChI is InChI=1S/C18H29N3O3S/c1-12(2)21(4)25(23,24)16-9-8-13(3)17(11-16)20-18(22)14-6-5-7-15(19)10-14/h8-9,11-12,14-15H,5-7,10,19H2,1-4H3,(H,20,22). The first-order valence-electron chi connectivity index (χ1n) is 8.78. The van der Waals surface area contributed by atoms with Crippen LogP contribution in [0.1, 0.15) is 45.1 Å². The van der Waals surface area contributed by atoms with E-state index in [0.717, 1.165) is 24.8 Å². The van der Waals surface area contributed by atoms with Gasteiger partial charge in [-0.05, 0) is 57.7 Å². The van der Waals surface area contributed by atoms with Gasteiger partial charge in [-0.25, -0.2) is 8.42 Å². The lowest BCUT2D eigenvalue weighted by Crippen LogP contribution is -2.34. The highest BCUT2D eigenvalue weighted by atomic mass is 32.2. The summed E-state index contributed by atoms with van der Waals surface area (Å²) in [6.45, 7) is 5.49. The normalized spacial score (nSPS) is 21.6. The Kier molecular flexibility index (Phi) is 6.24. The van der Waals surface area contributed by atoms with Crippen LogP contribution in [0.4, 0.5) is 5.69 Å². The van der Waals surface area contributed by atoms with Crippen molar-refractivity contribution in [1.29, 1.82) is 0 Å². The maximum atomic E-state index is 12.7. The molecule has 2 rings (SSSR count). The molecule has 6 nitrogen and oxygen atoms in total. The molecule has 1 aromatic rings. The monoisotopic (exact) mass is 367 g/mol. The van der Waals surface area contributed by atoms with Crippen LogP contribution in [0.2, 0.25) is 0 Å². The highest BCUT2D eigenvalue weighted by Gasteiger charge is 2.27. The number of sulfonamides is 1. The highest BCUT2D eigenvalue weighted by Crippen LogP contribution is 2.27. The van der Waals surface area contributed by atoms with E-state index in [2.05, 4.69) is 5.32 Å². The first-order chi connectivity index (χ1) is 11.6. The molecule has 2 atom stereocenters. The van der Waals surface area contributed by atoms with Gasteiger partial charge in [0.25, 0.3) is 0 Å². The van der Waals surface area contributed by atoms with E-state index in [-0.39, 0.29) is 28.8 Å². The molecule has 0 aliphatic heterocycles. The number of benzene rings is 1. The lowest BCUT2D eigenvalue weighted by Gasteiger charge is -2.26. The third kappa shape index (κ3) is 4.59. The van der Waals surface area contributed by atoms with Crippen LogP contribution in [-0.4, -0.2) is 37.8 Å². The fourth-order valence-corrected chi connectivity index (χ4v) is 4.43. The number of nitrogens with zero attached hydrogens (tertiary/aromatic N) is 1. The maximum Gasteiger partial charge on any atom is 0.243 e. The molecule has 7 heteroatoms. The van der Waals surface area contributed by atoms with Crippen LogP contribution in [0.3, 0.4) is 0 Å². The third-order valence-corrected chi connectivity index (χ3v) is 6.99. The van der Waals surface area contributed by atoms with Gasteiger partial charge < -0.3 is 11.1 Å². The van der Waals surface area contributed by atoms with Gasteiger partial charge in [-0.1, -0.05) is 12.5 Å². The molecule has 0 saturated heterocycles. The molecule has 140 valence electrons. The number of nitrogens with two attached hydrogens (primary N) is 1. The lowest BCUT2D eigenvalue weighted by atomic mass is 9.85. The summed E-state index contributed by atoms with van der Waals surface area (Å²) in [6.07, 6.45) is 3.41. The van der Waals surface area contributed by atoms with Crippen LogP contribution in [0.5, 0.6) is 0 Å². The average molecular weight is 368 g/mol. The molecule has 0 radical (unpaired) electrons. The second-order valence-corrected chi connectivity index (χ2v) is 9.20. The van der Waals surface area contributed by atoms with Crippen molar-refractivity contribution in [2.24, 2.45) is 11.7 Å². The van der Waals surface area contributed by atoms with Crippen LogP contribution in [0.15, 0.2) is 23.1 Å². The van der Waals surface area contributed by atoms with Crippen LogP contribution >= 0.6 is 0 Å². The molecule has 0 spiro atoms. The lowest BCUT2D eigenvalue weighted by molar-refractivity contribution is -0.120. The zero-order chi connectivity index (χ0) is 18.8. The summed E-state index contributed by atoms with van der Waals surface area (Å²) in [5.41, 5.74) is 7.34. The van der Waals surface area contributed by atoms with Crippen molar-refractivity contribution in [3.63, 3.8) is 0 Å². The number of aryl methyl sites for hydroxylation is 1. The van der Waals surface area contributed by atoms with Gasteiger partial charge >= 0.3 is 0 Å². The van der Waals surface area contributed by atoms with Crippen molar-refractivity contribution >= 4 is 21.6 Å². The fraction of sp³-hybridized carbons (Fsp3) is 0.611. The highest BCUT2D eigenvalue weighted by molar-refractivity contribution is 7.89. The Balaban J connectivity index is 2.23. The second-order valence-electron chi connectivity index (χ2n) is 7.20. The van der Waals surface area contributed by atoms with Crippen LogP contribution in [-0.2, 0) is 14.8 Å². The second kappa shape index (κ2) is 7.85. The minimum absolute atomic E-state index is 0.0667. The van der Waals surface area contributed by atoms with E-state index < -0.39 is 10.0 Å². The average Bonchev–Trinajstić information content (AvgIpc) is 2.55. The summed E-state index contributed by atoms with van der Waals surface area (Å²) < 4.78 is 26.7. The molecule has 1 fully saturated rings. The van der Waals surface area contributed by atoms with Crippen molar-refractivity contribution in [2.45, 2.75) is 63.4 Å². The molecule has 0 heterocycles. The van der Waals surface area contributed by atoms with Crippen molar-refractivity contribution < 1.29 is 13.2 Å². The fourth-order valence-electron chi connectivity index (χ4n) is 3.04. The van der Waals surface area contributed by atoms with Crippen molar-refractivity contribution in [1.82, 2.24) is 4.31 Å². The van der Waals surface area contributed by atoms with E-state index >= 15 is 0 Å². The molecule has 1 aliphatic carbocycles. The molecule has 1 aliphatic rings. The molecule has 0 aromatic heterocycles. The third-order valence-electron chi connectivity index (χ3n) is 4.96. The van der Waals surface area contributed by atoms with Gasteiger partial charge in [0, 0.05) is 30.7 Å². The zero-order valence-electron chi connectivity index (χ0n) is 15.5. The zero-order valence-corrected chi connectivity index (χ0v) is 16.3. The predicted molar refractivity (Wildman–Crippen MR) is 99.8 cm³/mol. The van der Waals surface area contributed by atoms with Crippen molar-refractivity contribution in [2.75, 3.05) is 12.4 Å². The van der Waals surface area contributed by atoms with E-state index in [1.54, 1.807) is 25.2 Å². The number of carbonyl (C=O) groups excluding carboxylic acids is 1. The molecular weight excluding hydrogens is 338 g/mol. The van der Waals surface area contributed by atoms with Crippen molar-refractivity contribution in [3.8, 4) is 0 Å². The number of carbonyl (C=O) groups is 1. The molecule has 3 N–H and O–H groups in total. The van der Waals surface area contributed by atoms with Crippen LogP contribution in [0, 0.1) is 12.8 Å². The minimum Gasteiger partial charge on any atom is -0.328 e. The quantitative estimate of drug-likeness (QED) is 0.836. The van der Waals surface area contributed by atoms with Crippen LogP contribution in [0.25, 0.3) is 0 Å². The van der Waals surface area contributed by atoms with Gasteiger partial charge in [0.15, 0.2) is 0 Å². The summed E-state index contributed by atoms with van der Waals surface area (Å²) in [4.78, 5) is 12.7. The molecule has 25 heavy (non-hydrogen) atoms. The predicted octanol–water partition coefficient (Wildman–Crippen LogP) is 2.48. The van der Waals surface area contributed by atoms with Crippen molar-refractivity contribution in [3.05, 3.63) is 23.8 Å². The number of amides is 1. The smallest absolute Gasteiger partial charge is 0.243 e. The summed E-state index contributed by atoms with van der Waals surface area (Å²) in [7, 11) is -2.03. The van der Waals surface area contributed by atoms with Gasteiger partial charge in [0.05, 0.1) is 4.90 Å². The Labute approximate surface area is 150 Å². The van der Waals surface area contributed by atoms with E-state index in [0.29, 0.717) is 12.1 Å². The van der Waals surface area contributed by atoms with E-state index in [1.807, 2.05) is 20.8 Å². The molecule has 1 amide bonds. The summed E-state index contributed by atoms with van der Waals surface area (Å²) in [6, 6.07) is 4.77. The molecule has 1 aromatic carbocycles. The summed E-state index contributed by atoms with van der Waals surface area (Å²) in [5.74, 6) is -0.188. The van der Waals surface area contributed by atoms with Gasteiger partial charge in [-0.3, -0.25) is 4.79 Å². The minimum atomic E-state index is -3.58. The Hall–Kier alpha value is -1.44. The Bertz CT molecular complexity index is 731.